The van der Waals surface area contributed by atoms with Crippen LogP contribution in [0.25, 0.3) is 11.1 Å². The van der Waals surface area contributed by atoms with Gasteiger partial charge < -0.3 is 37.6 Å². The summed E-state index contributed by atoms with van der Waals surface area (Å²) in [6.07, 6.45) is -4.40. The van der Waals surface area contributed by atoms with Gasteiger partial charge in [0.2, 0.25) is 6.49 Å². The Hall–Kier alpha value is -1.37. The van der Waals surface area contributed by atoms with Gasteiger partial charge in [-0.05, 0) is 99.6 Å². The van der Waals surface area contributed by atoms with E-state index in [0.29, 0.717) is 57.4 Å². The van der Waals surface area contributed by atoms with Crippen molar-refractivity contribution < 1.29 is 73.6 Å². The Labute approximate surface area is 407 Å². The third-order valence-electron chi connectivity index (χ3n) is 10.5. The van der Waals surface area contributed by atoms with Gasteiger partial charge >= 0.3 is 24.3 Å². The van der Waals surface area contributed by atoms with Crippen LogP contribution < -0.4 is 0 Å². The largest absolute Gasteiger partial charge is 0.507 e. The summed E-state index contributed by atoms with van der Waals surface area (Å²) in [5, 5.41) is 12.2. The van der Waals surface area contributed by atoms with Crippen LogP contribution in [-0.2, 0) is 65.7 Å². The Bertz CT molecular complexity index is 2250. The van der Waals surface area contributed by atoms with Crippen molar-refractivity contribution in [1.82, 2.24) is 0 Å². The van der Waals surface area contributed by atoms with E-state index in [0.717, 1.165) is 24.8 Å². The van der Waals surface area contributed by atoms with Gasteiger partial charge in [0.25, 0.3) is 0 Å². The number of esters is 2. The van der Waals surface area contributed by atoms with E-state index in [1.165, 1.54) is 19.4 Å². The number of aliphatic hydroxyl groups excluding tert-OH is 1. The van der Waals surface area contributed by atoms with Gasteiger partial charge in [0.1, 0.15) is 23.4 Å². The monoisotopic (exact) mass is 1100 g/mol. The van der Waals surface area contributed by atoms with Gasteiger partial charge in [-0.15, -0.1) is 0 Å². The lowest BCUT2D eigenvalue weighted by atomic mass is 9.80. The summed E-state index contributed by atoms with van der Waals surface area (Å²) in [6, 6.07) is 6.35. The number of rotatable bonds is 10. The number of halogens is 11. The van der Waals surface area contributed by atoms with E-state index in [1.807, 2.05) is 0 Å². The van der Waals surface area contributed by atoms with E-state index < -0.39 is 60.8 Å². The molecule has 1 N–H and O–H groups in total. The van der Waals surface area contributed by atoms with Crippen molar-refractivity contribution in [1.29, 1.82) is 0 Å². The number of carbonyl (C=O) groups is 2. The van der Waals surface area contributed by atoms with E-state index >= 15 is 0 Å². The first kappa shape index (κ1) is 56.2. The molecule has 2 spiro atoms. The fourth-order valence-corrected chi connectivity index (χ4v) is 11.2. The molecular formula is C40H45Cl5F6O10P2S2. The molecule has 2 heterocycles. The quantitative estimate of drug-likeness (QED) is 0.139. The fourth-order valence-electron chi connectivity index (χ4n) is 7.75. The Morgan fingerprint density at radius 2 is 1.15 bits per heavy atom. The van der Waals surface area contributed by atoms with E-state index in [4.69, 9.17) is 97.4 Å². The summed E-state index contributed by atoms with van der Waals surface area (Å²) < 4.78 is 110. The molecule has 65 heavy (non-hydrogen) atoms. The standard InChI is InChI=1S/C20H22Cl2F3O5PS.C17H18Cl2O4.C3H5ClF3OPS/c1-11-7-12(21)8-14(22)15(11)16-17(30-31(3,32)28-10-20(23,24)25)19(29-18(16)26)6-4-5-13(9-19)27-2;1-9-6-10(18)7-12(19)13(9)14-15(20)17(23-16(14)21)5-3-4-11(8-17)22-2;1-9(4,10)8-2-3(5,6)7/h7-8,13H,4-6,9-10H2,1-3H3;6-7,11,20H,3-5,8H2,1-2H3;2H2,1H3. The van der Waals surface area contributed by atoms with Gasteiger partial charge in [0.05, 0.1) is 22.3 Å². The van der Waals surface area contributed by atoms with E-state index in [2.05, 4.69) is 16.3 Å². The average Bonchev–Trinajstić information content (AvgIpc) is 3.54. The lowest BCUT2D eigenvalue weighted by Gasteiger charge is -2.38. The molecule has 4 aliphatic rings. The van der Waals surface area contributed by atoms with Crippen LogP contribution in [0.1, 0.15) is 73.6 Å². The number of hydrogen-bond acceptors (Lipinski definition) is 12. The summed E-state index contributed by atoms with van der Waals surface area (Å²) >= 11 is 39.7. The molecule has 0 bridgehead atoms. The highest BCUT2D eigenvalue weighted by Crippen LogP contribution is 2.57. The molecule has 0 radical (unpaired) electrons. The van der Waals surface area contributed by atoms with Crippen molar-refractivity contribution in [2.45, 2.75) is 101 Å². The molecule has 364 valence electrons. The molecule has 6 atom stereocenters. The Morgan fingerprint density at radius 3 is 1.58 bits per heavy atom. The molecule has 2 aromatic rings. The Kier molecular flexibility index (Phi) is 19.2. The van der Waals surface area contributed by atoms with Crippen molar-refractivity contribution in [3.8, 4) is 0 Å². The van der Waals surface area contributed by atoms with Gasteiger partial charge in [0.15, 0.2) is 29.3 Å². The molecule has 2 aromatic carbocycles. The van der Waals surface area contributed by atoms with Gasteiger partial charge in [-0.25, -0.2) is 9.59 Å². The van der Waals surface area contributed by atoms with Crippen molar-refractivity contribution in [3.05, 3.63) is 78.1 Å². The average molecular weight is 1100 g/mol. The fraction of sp³-hybridized carbons (Fsp3) is 0.550. The summed E-state index contributed by atoms with van der Waals surface area (Å²) in [7, 11) is 3.17. The summed E-state index contributed by atoms with van der Waals surface area (Å²) in [6.45, 7) is -0.335. The predicted molar refractivity (Wildman–Crippen MR) is 246 cm³/mol. The first-order valence-electron chi connectivity index (χ1n) is 19.4. The minimum atomic E-state index is -4.58. The zero-order chi connectivity index (χ0) is 49.1. The number of benzene rings is 2. The summed E-state index contributed by atoms with van der Waals surface area (Å²) in [4.78, 5) is 25.6. The third kappa shape index (κ3) is 15.1. The zero-order valence-corrected chi connectivity index (χ0v) is 42.7. The van der Waals surface area contributed by atoms with Crippen LogP contribution in [0.5, 0.6) is 0 Å². The lowest BCUT2D eigenvalue weighted by molar-refractivity contribution is -0.155. The van der Waals surface area contributed by atoms with E-state index in [1.54, 1.807) is 46.3 Å². The van der Waals surface area contributed by atoms with E-state index in [9.17, 15) is 41.0 Å². The van der Waals surface area contributed by atoms with Crippen LogP contribution in [0.2, 0.25) is 20.1 Å². The number of carbonyl (C=O) groups excluding carboxylic acids is 2. The van der Waals surface area contributed by atoms with Crippen LogP contribution in [-0.4, -0.2) is 93.6 Å². The number of aryl methyl sites for hydroxylation is 2. The maximum Gasteiger partial charge on any atom is 0.412 e. The first-order valence-corrected chi connectivity index (χ1v) is 28.1. The van der Waals surface area contributed by atoms with Crippen molar-refractivity contribution in [3.63, 3.8) is 0 Å². The van der Waals surface area contributed by atoms with Gasteiger partial charge in [-0.3, -0.25) is 0 Å². The summed E-state index contributed by atoms with van der Waals surface area (Å²) in [5.41, 5.74) is -2.64. The molecule has 25 heteroatoms. The molecule has 10 nitrogen and oxygen atoms in total. The highest BCUT2D eigenvalue weighted by atomic mass is 35.7. The predicted octanol–water partition coefficient (Wildman–Crippen LogP) is 13.6. The molecule has 6 rings (SSSR count). The Morgan fingerprint density at radius 1 is 0.738 bits per heavy atom. The Balaban J connectivity index is 0.000000243. The van der Waals surface area contributed by atoms with Crippen molar-refractivity contribution in [2.24, 2.45) is 0 Å². The highest BCUT2D eigenvalue weighted by Gasteiger charge is 2.55. The van der Waals surface area contributed by atoms with Gasteiger partial charge in [-0.2, -0.15) is 26.3 Å². The molecule has 6 unspecified atom stereocenters. The number of methoxy groups -OCH3 is 2. The number of aliphatic hydroxyl groups is 1. The van der Waals surface area contributed by atoms with Crippen LogP contribution in [0.3, 0.4) is 0 Å². The number of hydrogen-bond donors (Lipinski definition) is 1. The molecule has 2 aliphatic carbocycles. The molecule has 2 aliphatic heterocycles. The van der Waals surface area contributed by atoms with Crippen molar-refractivity contribution in [2.75, 3.05) is 40.8 Å². The molecule has 0 aromatic heterocycles. The molecular weight excluding hydrogens is 1060 g/mol. The second-order valence-corrected chi connectivity index (χ2v) is 27.7. The molecule has 0 saturated heterocycles. The number of ether oxygens (including phenoxy) is 4. The first-order chi connectivity index (χ1) is 29.9. The molecule has 2 fully saturated rings. The normalized spacial score (nSPS) is 25.3. The zero-order valence-electron chi connectivity index (χ0n) is 35.5. The maximum atomic E-state index is 13.1. The highest BCUT2D eigenvalue weighted by molar-refractivity contribution is 8.24. The second-order valence-electron chi connectivity index (χ2n) is 15.6. The third-order valence-corrected chi connectivity index (χ3v) is 14.4. The van der Waals surface area contributed by atoms with Crippen LogP contribution in [0.4, 0.5) is 26.3 Å². The van der Waals surface area contributed by atoms with E-state index in [-0.39, 0.29) is 46.3 Å². The number of alkyl halides is 6. The van der Waals surface area contributed by atoms with Crippen LogP contribution >= 0.6 is 69.8 Å². The second kappa shape index (κ2) is 22.2. The lowest BCUT2D eigenvalue weighted by Crippen LogP contribution is -2.41. The minimum absolute atomic E-state index is 0.0209. The van der Waals surface area contributed by atoms with Crippen molar-refractivity contribution >= 4 is 116 Å². The topological polar surface area (TPSA) is 119 Å². The minimum Gasteiger partial charge on any atom is -0.507 e. The molecule has 2 saturated carbocycles. The maximum absolute atomic E-state index is 13.1. The SMILES string of the molecule is COC1CCCC2(C1)OC(=O)C(c1c(C)cc(Cl)cc1Cl)=C2O.COC1CCCC2(C1)OC(=O)C(c1c(C)cc(Cl)cc1Cl)=C2OP(C)(=S)OCC(F)(F)F.CP(=S)(Cl)OCC(F)(F)F. The van der Waals surface area contributed by atoms with Crippen LogP contribution in [0, 0.1) is 13.8 Å². The molecule has 0 amide bonds. The summed E-state index contributed by atoms with van der Waals surface area (Å²) in [5.74, 6) is -1.25. The smallest absolute Gasteiger partial charge is 0.412 e. The van der Waals surface area contributed by atoms with Crippen LogP contribution in [0.15, 0.2) is 35.8 Å². The van der Waals surface area contributed by atoms with Gasteiger partial charge in [0, 0.05) is 61.6 Å². The van der Waals surface area contributed by atoms with Gasteiger partial charge in [-0.1, -0.05) is 69.5 Å².